The van der Waals surface area contributed by atoms with Crippen molar-refractivity contribution in [2.45, 2.75) is 6.92 Å². The number of nitrogens with zero attached hydrogens (tertiary/aromatic N) is 1. The van der Waals surface area contributed by atoms with Crippen LogP contribution < -0.4 is 10.6 Å². The fourth-order valence-electron chi connectivity index (χ4n) is 2.11. The molecule has 1 heterocycles. The molecule has 2 N–H and O–H groups in total. The highest BCUT2D eigenvalue weighted by Crippen LogP contribution is 2.23. The molecule has 5 nitrogen and oxygen atoms in total. The molecule has 23 heavy (non-hydrogen) atoms. The first-order valence-electron chi connectivity index (χ1n) is 6.98. The number of aryl methyl sites for hydroxylation is 1. The van der Waals surface area contributed by atoms with Crippen LogP contribution in [0.2, 0.25) is 0 Å². The minimum absolute atomic E-state index is 0.358. The smallest absolute Gasteiger partial charge is 0.324 e. The molecule has 3 rings (SSSR count). The zero-order chi connectivity index (χ0) is 16.2. The lowest BCUT2D eigenvalue weighted by molar-refractivity contribution is 0.262. The van der Waals surface area contributed by atoms with Crippen molar-refractivity contribution in [2.75, 3.05) is 10.6 Å². The van der Waals surface area contributed by atoms with Crippen LogP contribution >= 0.6 is 15.9 Å². The number of anilines is 2. The molecule has 116 valence electrons. The second-order valence-electron chi connectivity index (χ2n) is 4.98. The SMILES string of the molecule is Cc1cc(Br)ccc1NC(=O)Nc1cc(-c2ccccc2)on1. The number of hydrogen-bond acceptors (Lipinski definition) is 3. The molecule has 0 radical (unpaired) electrons. The molecular formula is C17H14BrN3O2. The molecule has 0 bridgehead atoms. The summed E-state index contributed by atoms with van der Waals surface area (Å²) in [6, 6.07) is 16.5. The second-order valence-corrected chi connectivity index (χ2v) is 5.90. The van der Waals surface area contributed by atoms with E-state index < -0.39 is 0 Å². The number of amides is 2. The van der Waals surface area contributed by atoms with E-state index in [4.69, 9.17) is 4.52 Å². The summed E-state index contributed by atoms with van der Waals surface area (Å²) in [4.78, 5) is 12.0. The Labute approximate surface area is 141 Å². The number of rotatable bonds is 3. The number of carbonyl (C=O) groups excluding carboxylic acids is 1. The van der Waals surface area contributed by atoms with Crippen molar-refractivity contribution in [3.05, 3.63) is 64.6 Å². The summed E-state index contributed by atoms with van der Waals surface area (Å²) in [5, 5.41) is 9.29. The lowest BCUT2D eigenvalue weighted by atomic mass is 10.2. The molecule has 0 spiro atoms. The lowest BCUT2D eigenvalue weighted by Gasteiger charge is -2.08. The quantitative estimate of drug-likeness (QED) is 0.676. The molecule has 0 aliphatic carbocycles. The molecule has 0 fully saturated rings. The van der Waals surface area contributed by atoms with Crippen LogP contribution in [0.15, 0.2) is 63.6 Å². The highest BCUT2D eigenvalue weighted by molar-refractivity contribution is 9.10. The molecule has 0 saturated heterocycles. The number of nitrogens with one attached hydrogen (secondary N) is 2. The Balaban J connectivity index is 1.68. The predicted molar refractivity (Wildman–Crippen MR) is 93.5 cm³/mol. The Hall–Kier alpha value is -2.60. The van der Waals surface area contributed by atoms with Gasteiger partial charge in [-0.05, 0) is 30.7 Å². The fourth-order valence-corrected chi connectivity index (χ4v) is 2.59. The summed E-state index contributed by atoms with van der Waals surface area (Å²) in [6.07, 6.45) is 0. The summed E-state index contributed by atoms with van der Waals surface area (Å²) in [5.74, 6) is 0.955. The maximum atomic E-state index is 12.0. The van der Waals surface area contributed by atoms with Crippen LogP contribution in [-0.4, -0.2) is 11.2 Å². The second kappa shape index (κ2) is 6.66. The molecule has 0 aliphatic rings. The average Bonchev–Trinajstić information content (AvgIpc) is 2.99. The van der Waals surface area contributed by atoms with Gasteiger partial charge >= 0.3 is 6.03 Å². The van der Waals surface area contributed by atoms with Gasteiger partial charge < -0.3 is 9.84 Å². The number of carbonyl (C=O) groups is 1. The Morgan fingerprint density at radius 1 is 1.09 bits per heavy atom. The first-order chi connectivity index (χ1) is 11.1. The van der Waals surface area contributed by atoms with Crippen LogP contribution in [0.1, 0.15) is 5.56 Å². The molecule has 2 amide bonds. The third-order valence-electron chi connectivity index (χ3n) is 3.25. The van der Waals surface area contributed by atoms with Crippen molar-refractivity contribution in [3.8, 4) is 11.3 Å². The summed E-state index contributed by atoms with van der Waals surface area (Å²) in [5.41, 5.74) is 2.59. The van der Waals surface area contributed by atoms with E-state index in [9.17, 15) is 4.79 Å². The fraction of sp³-hybridized carbons (Fsp3) is 0.0588. The molecule has 3 aromatic rings. The Bertz CT molecular complexity index is 831. The summed E-state index contributed by atoms with van der Waals surface area (Å²) < 4.78 is 6.21. The van der Waals surface area contributed by atoms with Gasteiger partial charge in [-0.3, -0.25) is 5.32 Å². The molecule has 0 unspecified atom stereocenters. The standard InChI is InChI=1S/C17H14BrN3O2/c1-11-9-13(18)7-8-14(11)19-17(22)20-16-10-15(23-21-16)12-5-3-2-4-6-12/h2-10H,1H3,(H2,19,20,21,22). The van der Waals surface area contributed by atoms with E-state index in [1.807, 2.05) is 55.5 Å². The van der Waals surface area contributed by atoms with Crippen molar-refractivity contribution >= 4 is 33.5 Å². The minimum atomic E-state index is -0.372. The molecule has 0 atom stereocenters. The number of urea groups is 1. The van der Waals surface area contributed by atoms with E-state index >= 15 is 0 Å². The minimum Gasteiger partial charge on any atom is -0.354 e. The maximum Gasteiger partial charge on any atom is 0.324 e. The van der Waals surface area contributed by atoms with Gasteiger partial charge in [0, 0.05) is 21.8 Å². The third-order valence-corrected chi connectivity index (χ3v) is 3.74. The van der Waals surface area contributed by atoms with Gasteiger partial charge in [0.25, 0.3) is 0 Å². The number of halogens is 1. The Morgan fingerprint density at radius 2 is 1.87 bits per heavy atom. The van der Waals surface area contributed by atoms with Gasteiger partial charge in [0.15, 0.2) is 11.6 Å². The topological polar surface area (TPSA) is 67.2 Å². The molecule has 6 heteroatoms. The van der Waals surface area contributed by atoms with E-state index in [2.05, 4.69) is 31.7 Å². The average molecular weight is 372 g/mol. The number of aromatic nitrogens is 1. The van der Waals surface area contributed by atoms with Crippen LogP contribution in [0.25, 0.3) is 11.3 Å². The van der Waals surface area contributed by atoms with Crippen molar-refractivity contribution < 1.29 is 9.32 Å². The van der Waals surface area contributed by atoms with Gasteiger partial charge in [-0.2, -0.15) is 0 Å². The summed E-state index contributed by atoms with van der Waals surface area (Å²) in [7, 11) is 0. The Morgan fingerprint density at radius 3 is 2.61 bits per heavy atom. The van der Waals surface area contributed by atoms with E-state index in [0.29, 0.717) is 11.6 Å². The monoisotopic (exact) mass is 371 g/mol. The highest BCUT2D eigenvalue weighted by atomic mass is 79.9. The van der Waals surface area contributed by atoms with Crippen LogP contribution in [-0.2, 0) is 0 Å². The predicted octanol–water partition coefficient (Wildman–Crippen LogP) is 5.06. The van der Waals surface area contributed by atoms with Crippen molar-refractivity contribution in [3.63, 3.8) is 0 Å². The lowest BCUT2D eigenvalue weighted by Crippen LogP contribution is -2.20. The first-order valence-corrected chi connectivity index (χ1v) is 7.77. The number of hydrogen-bond donors (Lipinski definition) is 2. The van der Waals surface area contributed by atoms with E-state index in [0.717, 1.165) is 21.3 Å². The molecule has 2 aromatic carbocycles. The van der Waals surface area contributed by atoms with Crippen molar-refractivity contribution in [2.24, 2.45) is 0 Å². The van der Waals surface area contributed by atoms with E-state index in [1.165, 1.54) is 0 Å². The summed E-state index contributed by atoms with van der Waals surface area (Å²) in [6.45, 7) is 1.92. The van der Waals surface area contributed by atoms with E-state index in [1.54, 1.807) is 6.07 Å². The van der Waals surface area contributed by atoms with Crippen LogP contribution in [0.4, 0.5) is 16.3 Å². The zero-order valence-electron chi connectivity index (χ0n) is 12.3. The van der Waals surface area contributed by atoms with Crippen LogP contribution in [0.3, 0.4) is 0 Å². The van der Waals surface area contributed by atoms with Crippen LogP contribution in [0.5, 0.6) is 0 Å². The van der Waals surface area contributed by atoms with Gasteiger partial charge in [0.05, 0.1) is 0 Å². The van der Waals surface area contributed by atoms with Gasteiger partial charge in [0.2, 0.25) is 0 Å². The molecule has 1 aromatic heterocycles. The molecular weight excluding hydrogens is 358 g/mol. The zero-order valence-corrected chi connectivity index (χ0v) is 13.9. The maximum absolute atomic E-state index is 12.0. The highest BCUT2D eigenvalue weighted by Gasteiger charge is 2.10. The van der Waals surface area contributed by atoms with Crippen molar-refractivity contribution in [1.29, 1.82) is 0 Å². The van der Waals surface area contributed by atoms with Crippen molar-refractivity contribution in [1.82, 2.24) is 5.16 Å². The molecule has 0 aliphatic heterocycles. The normalized spacial score (nSPS) is 10.3. The third kappa shape index (κ3) is 3.78. The Kier molecular flexibility index (Phi) is 4.43. The van der Waals surface area contributed by atoms with Gasteiger partial charge in [-0.15, -0.1) is 0 Å². The largest absolute Gasteiger partial charge is 0.354 e. The number of benzene rings is 2. The van der Waals surface area contributed by atoms with Gasteiger partial charge in [-0.1, -0.05) is 51.4 Å². The first kappa shape index (κ1) is 15.3. The summed E-state index contributed by atoms with van der Waals surface area (Å²) >= 11 is 3.39. The molecule has 0 saturated carbocycles. The van der Waals surface area contributed by atoms with E-state index in [-0.39, 0.29) is 6.03 Å². The van der Waals surface area contributed by atoms with Crippen LogP contribution in [0, 0.1) is 6.92 Å². The van der Waals surface area contributed by atoms with Gasteiger partial charge in [-0.25, -0.2) is 4.79 Å². The van der Waals surface area contributed by atoms with Gasteiger partial charge in [0.1, 0.15) is 0 Å².